The number of nitrogens with one attached hydrogen (secondary N) is 1. The Kier molecular flexibility index (Phi) is 4.82. The highest BCUT2D eigenvalue weighted by molar-refractivity contribution is 5.79. The lowest BCUT2D eigenvalue weighted by atomic mass is 9.85. The molecule has 3 rings (SSSR count). The number of benzene rings is 1. The molecule has 1 aromatic carbocycles. The largest absolute Gasteiger partial charge is 0.479 e. The molecule has 5 heteroatoms. The molecule has 23 heavy (non-hydrogen) atoms. The number of fused-ring (bicyclic) bond motifs is 2. The average Bonchev–Trinajstić information content (AvgIpc) is 3.15. The van der Waals surface area contributed by atoms with Crippen LogP contribution in [-0.2, 0) is 11.2 Å². The first kappa shape index (κ1) is 15.8. The van der Waals surface area contributed by atoms with E-state index in [9.17, 15) is 9.90 Å². The minimum Gasteiger partial charge on any atom is -0.479 e. The van der Waals surface area contributed by atoms with Gasteiger partial charge in [-0.25, -0.2) is 0 Å². The molecule has 5 nitrogen and oxygen atoms in total. The highest BCUT2D eigenvalue weighted by Gasteiger charge is 2.47. The van der Waals surface area contributed by atoms with Gasteiger partial charge in [-0.3, -0.25) is 4.79 Å². The van der Waals surface area contributed by atoms with Crippen molar-refractivity contribution in [3.05, 3.63) is 29.8 Å². The minimum atomic E-state index is 0.00620. The van der Waals surface area contributed by atoms with Crippen molar-refractivity contribution >= 4 is 5.91 Å². The predicted molar refractivity (Wildman–Crippen MR) is 84.6 cm³/mol. The summed E-state index contributed by atoms with van der Waals surface area (Å²) >= 11 is 0. The fourth-order valence-corrected chi connectivity index (χ4v) is 4.14. The SMILES string of the molecule is N#CCOc1ccc(CC(=O)NC2C3CCC(C3)C2CO)cc1. The van der Waals surface area contributed by atoms with Crippen molar-refractivity contribution in [2.24, 2.45) is 17.8 Å². The number of amides is 1. The van der Waals surface area contributed by atoms with Gasteiger partial charge in [-0.05, 0) is 48.8 Å². The Balaban J connectivity index is 1.54. The molecule has 2 N–H and O–H groups in total. The fourth-order valence-electron chi connectivity index (χ4n) is 4.14. The maximum absolute atomic E-state index is 12.3. The molecule has 0 aliphatic heterocycles. The second-order valence-corrected chi connectivity index (χ2v) is 6.54. The number of hydrogen-bond donors (Lipinski definition) is 2. The van der Waals surface area contributed by atoms with Crippen LogP contribution < -0.4 is 10.1 Å². The summed E-state index contributed by atoms with van der Waals surface area (Å²) in [7, 11) is 0. The third-order valence-corrected chi connectivity index (χ3v) is 5.22. The van der Waals surface area contributed by atoms with Crippen molar-refractivity contribution < 1.29 is 14.6 Å². The van der Waals surface area contributed by atoms with Gasteiger partial charge in [0.15, 0.2) is 6.61 Å². The first-order valence-electron chi connectivity index (χ1n) is 8.20. The molecule has 0 aromatic heterocycles. The molecule has 2 aliphatic carbocycles. The van der Waals surface area contributed by atoms with Gasteiger partial charge in [-0.15, -0.1) is 0 Å². The van der Waals surface area contributed by atoms with Crippen LogP contribution in [0.3, 0.4) is 0 Å². The van der Waals surface area contributed by atoms with Gasteiger partial charge in [0.1, 0.15) is 11.8 Å². The Morgan fingerprint density at radius 3 is 2.74 bits per heavy atom. The third kappa shape index (κ3) is 3.48. The van der Waals surface area contributed by atoms with Gasteiger partial charge >= 0.3 is 0 Å². The average molecular weight is 314 g/mol. The molecule has 2 bridgehead atoms. The summed E-state index contributed by atoms with van der Waals surface area (Å²) in [6.45, 7) is 0.184. The number of ether oxygens (including phenoxy) is 1. The number of nitrogens with zero attached hydrogens (tertiary/aromatic N) is 1. The molecule has 2 saturated carbocycles. The van der Waals surface area contributed by atoms with Crippen molar-refractivity contribution in [1.82, 2.24) is 5.32 Å². The lowest BCUT2D eigenvalue weighted by Crippen LogP contribution is -2.45. The molecule has 2 fully saturated rings. The number of aliphatic hydroxyl groups is 1. The van der Waals surface area contributed by atoms with Gasteiger partial charge in [-0.2, -0.15) is 5.26 Å². The van der Waals surface area contributed by atoms with E-state index in [2.05, 4.69) is 5.32 Å². The molecule has 0 heterocycles. The van der Waals surface area contributed by atoms with E-state index in [1.807, 2.05) is 18.2 Å². The van der Waals surface area contributed by atoms with Crippen LogP contribution in [0.25, 0.3) is 0 Å². The molecular formula is C18H22N2O3. The van der Waals surface area contributed by atoms with Crippen LogP contribution in [0.1, 0.15) is 24.8 Å². The van der Waals surface area contributed by atoms with Crippen molar-refractivity contribution in [1.29, 1.82) is 5.26 Å². The topological polar surface area (TPSA) is 82.3 Å². The maximum atomic E-state index is 12.3. The molecule has 1 amide bonds. The second kappa shape index (κ2) is 7.01. The van der Waals surface area contributed by atoms with Crippen LogP contribution >= 0.6 is 0 Å². The van der Waals surface area contributed by atoms with Crippen molar-refractivity contribution in [3.63, 3.8) is 0 Å². The lowest BCUT2D eigenvalue weighted by molar-refractivity contribution is -0.122. The Morgan fingerprint density at radius 2 is 2.04 bits per heavy atom. The van der Waals surface area contributed by atoms with E-state index in [0.29, 0.717) is 24.0 Å². The summed E-state index contributed by atoms with van der Waals surface area (Å²) in [6.07, 6.45) is 3.81. The molecular weight excluding hydrogens is 292 g/mol. The smallest absolute Gasteiger partial charge is 0.224 e. The molecule has 4 unspecified atom stereocenters. The zero-order valence-electron chi connectivity index (χ0n) is 13.1. The van der Waals surface area contributed by atoms with E-state index < -0.39 is 0 Å². The van der Waals surface area contributed by atoms with Crippen LogP contribution in [-0.4, -0.2) is 30.3 Å². The normalized spacial score (nSPS) is 28.3. The van der Waals surface area contributed by atoms with E-state index in [0.717, 1.165) is 18.4 Å². The summed E-state index contributed by atoms with van der Waals surface area (Å²) in [5.74, 6) is 1.96. The Bertz CT molecular complexity index is 593. The van der Waals surface area contributed by atoms with E-state index in [4.69, 9.17) is 10.00 Å². The van der Waals surface area contributed by atoms with Crippen LogP contribution in [0.5, 0.6) is 5.75 Å². The Labute approximate surface area is 136 Å². The Hall–Kier alpha value is -2.06. The second-order valence-electron chi connectivity index (χ2n) is 6.54. The molecule has 4 atom stereocenters. The molecule has 0 spiro atoms. The highest BCUT2D eigenvalue weighted by Crippen LogP contribution is 2.48. The number of carbonyl (C=O) groups is 1. The third-order valence-electron chi connectivity index (χ3n) is 5.22. The zero-order valence-corrected chi connectivity index (χ0v) is 13.1. The molecule has 0 radical (unpaired) electrons. The number of rotatable bonds is 6. The first-order chi connectivity index (χ1) is 11.2. The van der Waals surface area contributed by atoms with Gasteiger partial charge in [-0.1, -0.05) is 12.1 Å². The summed E-state index contributed by atoms with van der Waals surface area (Å²) in [5, 5.41) is 21.2. The molecule has 122 valence electrons. The fraction of sp³-hybridized carbons (Fsp3) is 0.556. The van der Waals surface area contributed by atoms with Crippen molar-refractivity contribution in [2.45, 2.75) is 31.7 Å². The number of carbonyl (C=O) groups excluding carboxylic acids is 1. The van der Waals surface area contributed by atoms with Gasteiger partial charge in [0.2, 0.25) is 5.91 Å². The quantitative estimate of drug-likeness (QED) is 0.836. The van der Waals surface area contributed by atoms with E-state index >= 15 is 0 Å². The monoisotopic (exact) mass is 314 g/mol. The van der Waals surface area contributed by atoms with Crippen LogP contribution in [0.2, 0.25) is 0 Å². The zero-order chi connectivity index (χ0) is 16.2. The summed E-state index contributed by atoms with van der Waals surface area (Å²) in [6, 6.07) is 9.28. The van der Waals surface area contributed by atoms with Crippen molar-refractivity contribution in [2.75, 3.05) is 13.2 Å². The molecule has 2 aliphatic rings. The first-order valence-corrected chi connectivity index (χ1v) is 8.20. The van der Waals surface area contributed by atoms with Crippen LogP contribution in [0, 0.1) is 29.1 Å². The Morgan fingerprint density at radius 1 is 1.30 bits per heavy atom. The summed E-state index contributed by atoms with van der Waals surface area (Å²) in [5.41, 5.74) is 0.913. The predicted octanol–water partition coefficient (Wildman–Crippen LogP) is 1.65. The minimum absolute atomic E-state index is 0.00620. The molecule has 1 aromatic rings. The van der Waals surface area contributed by atoms with E-state index in [1.165, 1.54) is 6.42 Å². The maximum Gasteiger partial charge on any atom is 0.224 e. The summed E-state index contributed by atoms with van der Waals surface area (Å²) < 4.78 is 5.20. The van der Waals surface area contributed by atoms with Crippen LogP contribution in [0.15, 0.2) is 24.3 Å². The van der Waals surface area contributed by atoms with Crippen molar-refractivity contribution in [3.8, 4) is 11.8 Å². The standard InChI is InChI=1S/C18H22N2O3/c19-7-8-23-15-5-1-12(2-6-15)9-17(22)20-18-14-4-3-13(10-14)16(18)11-21/h1-2,5-6,13-14,16,18,21H,3-4,8-11H2,(H,20,22). The highest BCUT2D eigenvalue weighted by atomic mass is 16.5. The van der Waals surface area contributed by atoms with Crippen LogP contribution in [0.4, 0.5) is 0 Å². The van der Waals surface area contributed by atoms with Gasteiger partial charge in [0, 0.05) is 18.6 Å². The van der Waals surface area contributed by atoms with E-state index in [1.54, 1.807) is 12.1 Å². The van der Waals surface area contributed by atoms with Gasteiger partial charge in [0.25, 0.3) is 0 Å². The molecule has 0 saturated heterocycles. The van der Waals surface area contributed by atoms with Gasteiger partial charge < -0.3 is 15.2 Å². The number of hydrogen-bond acceptors (Lipinski definition) is 4. The number of nitriles is 1. The van der Waals surface area contributed by atoms with Gasteiger partial charge in [0.05, 0.1) is 6.42 Å². The lowest BCUT2D eigenvalue weighted by Gasteiger charge is -2.30. The summed E-state index contributed by atoms with van der Waals surface area (Å²) in [4.78, 5) is 12.3. The van der Waals surface area contributed by atoms with E-state index in [-0.39, 0.29) is 31.1 Å². The number of aliphatic hydroxyl groups excluding tert-OH is 1.